The maximum Gasteiger partial charge on any atom is 0.271 e. The molecule has 8 heteroatoms. The van der Waals surface area contributed by atoms with E-state index in [1.54, 1.807) is 0 Å². The molecule has 20 heavy (non-hydrogen) atoms. The Kier molecular flexibility index (Phi) is 3.83. The third kappa shape index (κ3) is 2.84. The lowest BCUT2D eigenvalue weighted by Gasteiger charge is -2.09. The zero-order valence-electron chi connectivity index (χ0n) is 10.3. The molecule has 0 radical (unpaired) electrons. The first-order valence-corrected chi connectivity index (χ1v) is 7.66. The summed E-state index contributed by atoms with van der Waals surface area (Å²) in [5.41, 5.74) is 0.0395. The Morgan fingerprint density at radius 3 is 2.65 bits per heavy atom. The van der Waals surface area contributed by atoms with Crippen molar-refractivity contribution in [1.29, 1.82) is 5.26 Å². The van der Waals surface area contributed by atoms with Gasteiger partial charge in [0.2, 0.25) is 0 Å². The number of sulfonamides is 1. The van der Waals surface area contributed by atoms with E-state index in [1.165, 1.54) is 37.4 Å². The lowest BCUT2D eigenvalue weighted by atomic mass is 10.3. The first-order chi connectivity index (χ1) is 9.46. The highest BCUT2D eigenvalue weighted by Gasteiger charge is 2.18. The van der Waals surface area contributed by atoms with Crippen molar-refractivity contribution >= 4 is 27.0 Å². The van der Waals surface area contributed by atoms with Crippen LogP contribution in [0.1, 0.15) is 4.88 Å². The number of benzene rings is 1. The largest absolute Gasteiger partial charge is 0.506 e. The minimum Gasteiger partial charge on any atom is -0.506 e. The highest BCUT2D eigenvalue weighted by molar-refractivity contribution is 7.94. The number of nitriles is 1. The standard InChI is InChI=1S/C12H10N2O4S2/c1-18-8-2-4-10(11(15)6-8)14-20(16,17)12-5-3-9(7-13)19-12/h2-6,14-15H,1H3. The summed E-state index contributed by atoms with van der Waals surface area (Å²) in [4.78, 5) is 0.296. The summed E-state index contributed by atoms with van der Waals surface area (Å²) in [5, 5.41) is 18.4. The SMILES string of the molecule is COc1ccc(NS(=O)(=O)c2ccc(C#N)s2)c(O)c1. The number of phenols is 1. The zero-order chi connectivity index (χ0) is 14.8. The highest BCUT2D eigenvalue weighted by Crippen LogP contribution is 2.31. The Morgan fingerprint density at radius 1 is 1.35 bits per heavy atom. The summed E-state index contributed by atoms with van der Waals surface area (Å²) >= 11 is 0.855. The van der Waals surface area contributed by atoms with Crippen LogP contribution in [0.15, 0.2) is 34.5 Å². The van der Waals surface area contributed by atoms with E-state index in [9.17, 15) is 13.5 Å². The summed E-state index contributed by atoms with van der Waals surface area (Å²) in [6.07, 6.45) is 0. The molecular weight excluding hydrogens is 300 g/mol. The number of nitrogens with one attached hydrogen (secondary N) is 1. The van der Waals surface area contributed by atoms with Crippen LogP contribution in [-0.2, 0) is 10.0 Å². The first-order valence-electron chi connectivity index (χ1n) is 5.36. The fourth-order valence-corrected chi connectivity index (χ4v) is 3.62. The number of phenolic OH excluding ortho intramolecular Hbond substituents is 1. The van der Waals surface area contributed by atoms with Gasteiger partial charge in [-0.15, -0.1) is 11.3 Å². The molecule has 1 heterocycles. The smallest absolute Gasteiger partial charge is 0.271 e. The molecule has 6 nitrogen and oxygen atoms in total. The van der Waals surface area contributed by atoms with Gasteiger partial charge in [-0.2, -0.15) is 5.26 Å². The van der Waals surface area contributed by atoms with E-state index in [1.807, 2.05) is 6.07 Å². The van der Waals surface area contributed by atoms with Gasteiger partial charge in [0.15, 0.2) is 0 Å². The number of anilines is 1. The van der Waals surface area contributed by atoms with E-state index in [2.05, 4.69) is 4.72 Å². The van der Waals surface area contributed by atoms with Gasteiger partial charge in [-0.3, -0.25) is 4.72 Å². The second kappa shape index (κ2) is 5.40. The molecule has 2 aromatic rings. The maximum absolute atomic E-state index is 12.1. The number of hydrogen-bond acceptors (Lipinski definition) is 6. The van der Waals surface area contributed by atoms with Crippen LogP contribution in [0, 0.1) is 11.3 Å². The van der Waals surface area contributed by atoms with E-state index in [0.717, 1.165) is 11.3 Å². The summed E-state index contributed by atoms with van der Waals surface area (Å²) in [6, 6.07) is 8.85. The fourth-order valence-electron chi connectivity index (χ4n) is 1.44. The number of nitrogens with zero attached hydrogens (tertiary/aromatic N) is 1. The third-order valence-electron chi connectivity index (χ3n) is 2.41. The van der Waals surface area contributed by atoms with Gasteiger partial charge >= 0.3 is 0 Å². The molecule has 0 atom stereocenters. The summed E-state index contributed by atoms with van der Waals surface area (Å²) in [5.74, 6) is 0.165. The molecule has 0 spiro atoms. The zero-order valence-corrected chi connectivity index (χ0v) is 12.0. The topological polar surface area (TPSA) is 99.4 Å². The Hall–Kier alpha value is -2.24. The minimum absolute atomic E-state index is 0.00395. The summed E-state index contributed by atoms with van der Waals surface area (Å²) < 4.78 is 31.3. The number of thiophene rings is 1. The average molecular weight is 310 g/mol. The van der Waals surface area contributed by atoms with E-state index in [4.69, 9.17) is 10.00 Å². The van der Waals surface area contributed by atoms with Crippen LogP contribution in [-0.4, -0.2) is 20.6 Å². The van der Waals surface area contributed by atoms with Crippen LogP contribution in [0.2, 0.25) is 0 Å². The third-order valence-corrected chi connectivity index (χ3v) is 5.25. The van der Waals surface area contributed by atoms with Gasteiger partial charge in [0.1, 0.15) is 26.7 Å². The number of aromatic hydroxyl groups is 1. The van der Waals surface area contributed by atoms with Crippen molar-refractivity contribution in [2.75, 3.05) is 11.8 Å². The Bertz CT molecular complexity index is 775. The molecule has 1 aromatic carbocycles. The van der Waals surface area contributed by atoms with Crippen molar-refractivity contribution in [3.8, 4) is 17.6 Å². The summed E-state index contributed by atoms with van der Waals surface area (Å²) in [7, 11) is -2.39. The van der Waals surface area contributed by atoms with Crippen LogP contribution in [0.5, 0.6) is 11.5 Å². The van der Waals surface area contributed by atoms with Gasteiger partial charge in [-0.05, 0) is 24.3 Å². The normalized spacial score (nSPS) is 10.8. The Balaban J connectivity index is 2.31. The van der Waals surface area contributed by atoms with E-state index in [0.29, 0.717) is 10.6 Å². The molecule has 2 N–H and O–H groups in total. The second-order valence-corrected chi connectivity index (χ2v) is 6.71. The molecule has 0 saturated heterocycles. The number of ether oxygens (including phenoxy) is 1. The van der Waals surface area contributed by atoms with Crippen molar-refractivity contribution in [3.63, 3.8) is 0 Å². The lowest BCUT2D eigenvalue weighted by molar-refractivity contribution is 0.408. The van der Waals surface area contributed by atoms with Crippen LogP contribution in [0.25, 0.3) is 0 Å². The lowest BCUT2D eigenvalue weighted by Crippen LogP contribution is -2.11. The van der Waals surface area contributed by atoms with Crippen LogP contribution < -0.4 is 9.46 Å². The molecule has 1 aromatic heterocycles. The monoisotopic (exact) mass is 310 g/mol. The van der Waals surface area contributed by atoms with Crippen molar-refractivity contribution < 1.29 is 18.3 Å². The van der Waals surface area contributed by atoms with Crippen LogP contribution in [0.3, 0.4) is 0 Å². The number of methoxy groups -OCH3 is 1. The second-order valence-electron chi connectivity index (χ2n) is 3.72. The van der Waals surface area contributed by atoms with E-state index < -0.39 is 10.0 Å². The van der Waals surface area contributed by atoms with Crippen molar-refractivity contribution in [3.05, 3.63) is 35.2 Å². The van der Waals surface area contributed by atoms with Gasteiger partial charge in [0.25, 0.3) is 10.0 Å². The first kappa shape index (κ1) is 14.2. The molecule has 0 bridgehead atoms. The van der Waals surface area contributed by atoms with Gasteiger partial charge in [-0.25, -0.2) is 8.42 Å². The van der Waals surface area contributed by atoms with Crippen molar-refractivity contribution in [1.82, 2.24) is 0 Å². The van der Waals surface area contributed by atoms with Gasteiger partial charge in [0.05, 0.1) is 12.8 Å². The molecule has 0 aliphatic rings. The van der Waals surface area contributed by atoms with Crippen molar-refractivity contribution in [2.24, 2.45) is 0 Å². The predicted octanol–water partition coefficient (Wildman–Crippen LogP) is 2.13. The predicted molar refractivity (Wildman–Crippen MR) is 74.5 cm³/mol. The number of rotatable bonds is 4. The molecule has 104 valence electrons. The van der Waals surface area contributed by atoms with Gasteiger partial charge < -0.3 is 9.84 Å². The van der Waals surface area contributed by atoms with E-state index in [-0.39, 0.29) is 15.6 Å². The Morgan fingerprint density at radius 2 is 2.10 bits per heavy atom. The molecule has 0 unspecified atom stereocenters. The van der Waals surface area contributed by atoms with Gasteiger partial charge in [-0.1, -0.05) is 0 Å². The molecule has 0 aliphatic carbocycles. The average Bonchev–Trinajstić information content (AvgIpc) is 2.90. The number of hydrogen-bond donors (Lipinski definition) is 2. The molecular formula is C12H10N2O4S2. The molecule has 0 saturated carbocycles. The van der Waals surface area contributed by atoms with Crippen molar-refractivity contribution in [2.45, 2.75) is 4.21 Å². The summed E-state index contributed by atoms with van der Waals surface area (Å²) in [6.45, 7) is 0. The van der Waals surface area contributed by atoms with Crippen LogP contribution in [0.4, 0.5) is 5.69 Å². The molecule has 0 amide bonds. The van der Waals surface area contributed by atoms with E-state index >= 15 is 0 Å². The highest BCUT2D eigenvalue weighted by atomic mass is 32.2. The fraction of sp³-hybridized carbons (Fsp3) is 0.0833. The minimum atomic E-state index is -3.83. The molecule has 0 fully saturated rings. The molecule has 2 rings (SSSR count). The Labute approximate surface area is 119 Å². The molecule has 0 aliphatic heterocycles. The van der Waals surface area contributed by atoms with Crippen LogP contribution >= 0.6 is 11.3 Å². The van der Waals surface area contributed by atoms with Gasteiger partial charge in [0, 0.05) is 6.07 Å². The quantitative estimate of drug-likeness (QED) is 0.843. The maximum atomic E-state index is 12.1.